The number of carboxylic acids is 1. The van der Waals surface area contributed by atoms with E-state index in [9.17, 15) is 14.7 Å². The number of fused-ring (bicyclic) bond motifs is 1. The van der Waals surface area contributed by atoms with Crippen molar-refractivity contribution in [2.75, 3.05) is 6.61 Å². The topological polar surface area (TPSA) is 84.2 Å². The molecule has 0 fully saturated rings. The molecule has 0 aliphatic carbocycles. The summed E-state index contributed by atoms with van der Waals surface area (Å²) >= 11 is 3.34. The Balaban J connectivity index is 1.88. The zero-order chi connectivity index (χ0) is 17.1. The predicted molar refractivity (Wildman–Crippen MR) is 90.0 cm³/mol. The minimum absolute atomic E-state index is 0.121. The number of aromatic nitrogens is 2. The van der Waals surface area contributed by atoms with Crippen LogP contribution < -0.4 is 15.4 Å². The Kier molecular flexibility index (Phi) is 4.61. The lowest BCUT2D eigenvalue weighted by Crippen LogP contribution is -2.32. The highest BCUT2D eigenvalue weighted by atomic mass is 79.9. The maximum atomic E-state index is 12.4. The highest BCUT2D eigenvalue weighted by Crippen LogP contribution is 2.17. The van der Waals surface area contributed by atoms with Gasteiger partial charge in [-0.25, -0.2) is 4.68 Å². The number of carboxylic acid groups (broad SMARTS) is 1. The molecule has 0 spiro atoms. The standard InChI is InChI=1S/C17H13BrN2O4/c18-11-4-3-5-12(10-11)24-9-8-20-16(21)14-7-2-1-6-13(14)15(19-20)17(22)23/h1-7,10H,8-9H2,(H,22,23)/p-1. The molecule has 0 saturated heterocycles. The molecular formula is C17H12BrN2O4-. The molecule has 0 N–H and O–H groups in total. The lowest BCUT2D eigenvalue weighted by molar-refractivity contribution is -0.255. The average molecular weight is 388 g/mol. The lowest BCUT2D eigenvalue weighted by atomic mass is 10.1. The van der Waals surface area contributed by atoms with E-state index >= 15 is 0 Å². The first kappa shape index (κ1) is 16.2. The quantitative estimate of drug-likeness (QED) is 0.663. The molecular weight excluding hydrogens is 376 g/mol. The van der Waals surface area contributed by atoms with Gasteiger partial charge in [0.05, 0.1) is 17.9 Å². The Morgan fingerprint density at radius 1 is 1.17 bits per heavy atom. The van der Waals surface area contributed by atoms with E-state index in [0.29, 0.717) is 5.75 Å². The van der Waals surface area contributed by atoms with Crippen molar-refractivity contribution in [3.05, 3.63) is 69.1 Å². The Hall–Kier alpha value is -2.67. The van der Waals surface area contributed by atoms with E-state index in [1.54, 1.807) is 30.3 Å². The molecule has 6 nitrogen and oxygen atoms in total. The first-order valence-electron chi connectivity index (χ1n) is 7.16. The van der Waals surface area contributed by atoms with Crippen LogP contribution in [0, 0.1) is 0 Å². The third kappa shape index (κ3) is 3.30. The summed E-state index contributed by atoms with van der Waals surface area (Å²) in [6.07, 6.45) is 0. The van der Waals surface area contributed by atoms with Gasteiger partial charge in [-0.15, -0.1) is 0 Å². The largest absolute Gasteiger partial charge is 0.543 e. The van der Waals surface area contributed by atoms with E-state index in [4.69, 9.17) is 4.74 Å². The molecule has 0 unspecified atom stereocenters. The summed E-state index contributed by atoms with van der Waals surface area (Å²) in [5.74, 6) is -0.786. The number of benzene rings is 2. The van der Waals surface area contributed by atoms with Crippen LogP contribution in [0.5, 0.6) is 5.75 Å². The van der Waals surface area contributed by atoms with Crippen LogP contribution in [0.3, 0.4) is 0 Å². The van der Waals surface area contributed by atoms with Crippen LogP contribution in [0.4, 0.5) is 0 Å². The Bertz CT molecular complexity index is 968. The van der Waals surface area contributed by atoms with E-state index in [2.05, 4.69) is 21.0 Å². The molecule has 3 rings (SSSR count). The van der Waals surface area contributed by atoms with E-state index < -0.39 is 5.97 Å². The normalized spacial score (nSPS) is 10.7. The molecule has 0 amide bonds. The van der Waals surface area contributed by atoms with Gasteiger partial charge < -0.3 is 14.6 Å². The first-order valence-corrected chi connectivity index (χ1v) is 7.95. The molecule has 0 aliphatic rings. The fourth-order valence-electron chi connectivity index (χ4n) is 2.34. The molecule has 24 heavy (non-hydrogen) atoms. The van der Waals surface area contributed by atoms with Gasteiger partial charge in [0, 0.05) is 9.86 Å². The smallest absolute Gasteiger partial charge is 0.274 e. The Labute approximate surface area is 145 Å². The molecule has 7 heteroatoms. The van der Waals surface area contributed by atoms with Crippen LogP contribution in [0.25, 0.3) is 10.8 Å². The lowest BCUT2D eigenvalue weighted by Gasteiger charge is -2.12. The molecule has 0 radical (unpaired) electrons. The molecule has 0 bridgehead atoms. The van der Waals surface area contributed by atoms with Gasteiger partial charge >= 0.3 is 0 Å². The van der Waals surface area contributed by atoms with Crippen LogP contribution in [0.2, 0.25) is 0 Å². The summed E-state index contributed by atoms with van der Waals surface area (Å²) < 4.78 is 7.53. The number of rotatable bonds is 5. The summed E-state index contributed by atoms with van der Waals surface area (Å²) in [6.45, 7) is 0.296. The molecule has 0 aliphatic heterocycles. The second kappa shape index (κ2) is 6.84. The van der Waals surface area contributed by atoms with Crippen molar-refractivity contribution in [2.24, 2.45) is 0 Å². The highest BCUT2D eigenvalue weighted by molar-refractivity contribution is 9.10. The van der Waals surface area contributed by atoms with Crippen LogP contribution in [-0.4, -0.2) is 22.4 Å². The van der Waals surface area contributed by atoms with E-state index in [1.165, 1.54) is 6.07 Å². The van der Waals surface area contributed by atoms with Crippen LogP contribution in [-0.2, 0) is 6.54 Å². The maximum absolute atomic E-state index is 12.4. The van der Waals surface area contributed by atoms with Crippen molar-refractivity contribution in [2.45, 2.75) is 6.54 Å². The van der Waals surface area contributed by atoms with Gasteiger partial charge in [0.1, 0.15) is 18.1 Å². The number of carbonyl (C=O) groups excluding carboxylic acids is 1. The van der Waals surface area contributed by atoms with Crippen molar-refractivity contribution in [1.29, 1.82) is 0 Å². The number of ether oxygens (including phenoxy) is 1. The molecule has 3 aromatic rings. The zero-order valence-electron chi connectivity index (χ0n) is 12.4. The van der Waals surface area contributed by atoms with Crippen molar-refractivity contribution in [3.63, 3.8) is 0 Å². The number of nitrogens with zero attached hydrogens (tertiary/aromatic N) is 2. The van der Waals surface area contributed by atoms with Gasteiger partial charge in [-0.05, 0) is 24.3 Å². The van der Waals surface area contributed by atoms with Crippen molar-refractivity contribution >= 4 is 32.7 Å². The van der Waals surface area contributed by atoms with Gasteiger partial charge in [0.15, 0.2) is 0 Å². The summed E-state index contributed by atoms with van der Waals surface area (Å²) in [7, 11) is 0. The van der Waals surface area contributed by atoms with Gasteiger partial charge in [-0.1, -0.05) is 40.2 Å². The number of aromatic carboxylic acids is 1. The van der Waals surface area contributed by atoms with Crippen LogP contribution >= 0.6 is 15.9 Å². The van der Waals surface area contributed by atoms with Gasteiger partial charge in [0.2, 0.25) is 0 Å². The second-order valence-electron chi connectivity index (χ2n) is 5.02. The molecule has 1 heterocycles. The summed E-state index contributed by atoms with van der Waals surface area (Å²) in [5.41, 5.74) is -0.624. The molecule has 0 atom stereocenters. The van der Waals surface area contributed by atoms with Gasteiger partial charge in [0.25, 0.3) is 5.56 Å². The number of carbonyl (C=O) groups is 1. The summed E-state index contributed by atoms with van der Waals surface area (Å²) in [6, 6.07) is 13.7. The maximum Gasteiger partial charge on any atom is 0.274 e. The summed E-state index contributed by atoms with van der Waals surface area (Å²) in [4.78, 5) is 23.7. The third-order valence-corrected chi connectivity index (χ3v) is 3.92. The van der Waals surface area contributed by atoms with E-state index in [0.717, 1.165) is 9.15 Å². The van der Waals surface area contributed by atoms with Crippen LogP contribution in [0.15, 0.2) is 57.8 Å². The monoisotopic (exact) mass is 387 g/mol. The fourth-order valence-corrected chi connectivity index (χ4v) is 2.72. The second-order valence-corrected chi connectivity index (χ2v) is 5.93. The minimum atomic E-state index is -1.42. The molecule has 1 aromatic heterocycles. The first-order chi connectivity index (χ1) is 11.6. The van der Waals surface area contributed by atoms with Crippen LogP contribution in [0.1, 0.15) is 10.5 Å². The third-order valence-electron chi connectivity index (χ3n) is 3.43. The number of halogens is 1. The van der Waals surface area contributed by atoms with Gasteiger partial charge in [-0.3, -0.25) is 4.79 Å². The average Bonchev–Trinajstić information content (AvgIpc) is 2.57. The SMILES string of the molecule is O=C([O-])c1nn(CCOc2cccc(Br)c2)c(=O)c2ccccc12. The Morgan fingerprint density at radius 3 is 2.62 bits per heavy atom. The molecule has 2 aromatic carbocycles. The van der Waals surface area contributed by atoms with E-state index in [-0.39, 0.29) is 35.2 Å². The van der Waals surface area contributed by atoms with Crippen molar-refractivity contribution in [3.8, 4) is 5.75 Å². The number of hydrogen-bond acceptors (Lipinski definition) is 5. The van der Waals surface area contributed by atoms with Gasteiger partial charge in [-0.2, -0.15) is 5.10 Å². The minimum Gasteiger partial charge on any atom is -0.543 e. The van der Waals surface area contributed by atoms with Crippen molar-refractivity contribution in [1.82, 2.24) is 9.78 Å². The highest BCUT2D eigenvalue weighted by Gasteiger charge is 2.11. The fraction of sp³-hybridized carbons (Fsp3) is 0.118. The zero-order valence-corrected chi connectivity index (χ0v) is 14.0. The molecule has 0 saturated carbocycles. The summed E-state index contributed by atoms with van der Waals surface area (Å²) in [5, 5.41) is 15.7. The number of hydrogen-bond donors (Lipinski definition) is 0. The molecule has 122 valence electrons. The van der Waals surface area contributed by atoms with E-state index in [1.807, 2.05) is 12.1 Å². The predicted octanol–water partition coefficient (Wildman–Crippen LogP) is 1.60. The van der Waals surface area contributed by atoms with Crippen molar-refractivity contribution < 1.29 is 14.6 Å². The Morgan fingerprint density at radius 2 is 1.92 bits per heavy atom.